The molecule has 0 bridgehead atoms. The van der Waals surface area contributed by atoms with Crippen molar-refractivity contribution in [2.45, 2.75) is 19.4 Å². The van der Waals surface area contributed by atoms with Crippen LogP contribution in [0, 0.1) is 0 Å². The van der Waals surface area contributed by atoms with E-state index in [-0.39, 0.29) is 5.91 Å². The quantitative estimate of drug-likeness (QED) is 0.740. The number of nitrogens with zero attached hydrogens (tertiary/aromatic N) is 6. The molecule has 0 spiro atoms. The minimum Gasteiger partial charge on any atom is -0.324 e. The first-order valence-corrected chi connectivity index (χ1v) is 6.91. The van der Waals surface area contributed by atoms with Crippen LogP contribution in [0.15, 0.2) is 49.3 Å². The zero-order valence-corrected chi connectivity index (χ0v) is 11.8. The number of para-hydroxylation sites is 2. The summed E-state index contributed by atoms with van der Waals surface area (Å²) in [5.41, 5.74) is 1.49. The fraction of sp³-hybridized carbons (Fsp3) is 0.214. The molecule has 1 amide bonds. The molecule has 0 aliphatic rings. The van der Waals surface area contributed by atoms with Gasteiger partial charge in [0.2, 0.25) is 5.91 Å². The predicted octanol–water partition coefficient (Wildman–Crippen LogP) is 1.28. The number of anilines is 1. The van der Waals surface area contributed by atoms with Gasteiger partial charge in [0.25, 0.3) is 0 Å². The van der Waals surface area contributed by atoms with Crippen LogP contribution in [0.25, 0.3) is 5.69 Å². The molecule has 8 nitrogen and oxygen atoms in total. The first-order chi connectivity index (χ1) is 10.8. The lowest BCUT2D eigenvalue weighted by Crippen LogP contribution is -2.14. The van der Waals surface area contributed by atoms with Gasteiger partial charge in [-0.1, -0.05) is 17.3 Å². The first-order valence-electron chi connectivity index (χ1n) is 6.91. The van der Waals surface area contributed by atoms with Gasteiger partial charge in [-0.15, -0.1) is 5.10 Å². The Bertz CT molecular complexity index is 722. The maximum absolute atomic E-state index is 12.1. The van der Waals surface area contributed by atoms with E-state index in [0.717, 1.165) is 5.69 Å². The predicted molar refractivity (Wildman–Crippen MR) is 79.2 cm³/mol. The molecule has 0 saturated carbocycles. The zero-order chi connectivity index (χ0) is 15.2. The molecule has 3 rings (SSSR count). The summed E-state index contributed by atoms with van der Waals surface area (Å²) in [5.74, 6) is -0.0484. The van der Waals surface area contributed by atoms with E-state index in [1.165, 1.54) is 6.33 Å². The van der Waals surface area contributed by atoms with E-state index in [4.69, 9.17) is 0 Å². The normalized spacial score (nSPS) is 10.5. The number of aromatic nitrogens is 6. The summed E-state index contributed by atoms with van der Waals surface area (Å²) < 4.78 is 3.32. The van der Waals surface area contributed by atoms with Gasteiger partial charge in [0.15, 0.2) is 0 Å². The van der Waals surface area contributed by atoms with Crippen LogP contribution >= 0.6 is 0 Å². The molecule has 2 heterocycles. The lowest BCUT2D eigenvalue weighted by Gasteiger charge is -2.10. The molecule has 0 unspecified atom stereocenters. The third kappa shape index (κ3) is 3.35. The Morgan fingerprint density at radius 3 is 2.95 bits per heavy atom. The van der Waals surface area contributed by atoms with Crippen LogP contribution in [0.2, 0.25) is 0 Å². The molecule has 2 aromatic heterocycles. The Labute approximate surface area is 126 Å². The van der Waals surface area contributed by atoms with Crippen LogP contribution in [0.4, 0.5) is 5.69 Å². The third-order valence-corrected chi connectivity index (χ3v) is 3.11. The third-order valence-electron chi connectivity index (χ3n) is 3.11. The molecule has 8 heteroatoms. The van der Waals surface area contributed by atoms with Crippen molar-refractivity contribution < 1.29 is 4.79 Å². The van der Waals surface area contributed by atoms with Crippen molar-refractivity contribution in [3.63, 3.8) is 0 Å². The van der Waals surface area contributed by atoms with E-state index in [9.17, 15) is 4.79 Å². The molecule has 0 atom stereocenters. The van der Waals surface area contributed by atoms with Gasteiger partial charge < -0.3 is 5.32 Å². The highest BCUT2D eigenvalue weighted by Gasteiger charge is 2.08. The van der Waals surface area contributed by atoms with Crippen molar-refractivity contribution in [1.82, 2.24) is 29.8 Å². The van der Waals surface area contributed by atoms with Gasteiger partial charge in [0.1, 0.15) is 12.7 Å². The summed E-state index contributed by atoms with van der Waals surface area (Å²) in [6.45, 7) is 0.665. The maximum atomic E-state index is 12.1. The first kappa shape index (κ1) is 13.9. The van der Waals surface area contributed by atoms with E-state index in [1.54, 1.807) is 28.1 Å². The number of rotatable bonds is 6. The second-order valence-corrected chi connectivity index (χ2v) is 4.68. The monoisotopic (exact) mass is 297 g/mol. The van der Waals surface area contributed by atoms with Crippen molar-refractivity contribution >= 4 is 11.6 Å². The van der Waals surface area contributed by atoms with Crippen molar-refractivity contribution in [1.29, 1.82) is 0 Å². The number of amides is 1. The summed E-state index contributed by atoms with van der Waals surface area (Å²) in [4.78, 5) is 15.9. The van der Waals surface area contributed by atoms with E-state index < -0.39 is 0 Å². The number of nitrogens with one attached hydrogen (secondary N) is 1. The SMILES string of the molecule is O=C(CCCn1cncn1)Nc1ccccc1-n1ccnn1. The lowest BCUT2D eigenvalue weighted by molar-refractivity contribution is -0.116. The van der Waals surface area contributed by atoms with Gasteiger partial charge in [0.05, 0.1) is 23.8 Å². The molecule has 3 aromatic rings. The van der Waals surface area contributed by atoms with E-state index in [1.807, 2.05) is 24.3 Å². The molecule has 0 aliphatic carbocycles. The van der Waals surface area contributed by atoms with Gasteiger partial charge in [-0.3, -0.25) is 9.48 Å². The van der Waals surface area contributed by atoms with Crippen LogP contribution in [-0.2, 0) is 11.3 Å². The highest BCUT2D eigenvalue weighted by molar-refractivity contribution is 5.92. The molecule has 0 saturated heterocycles. The minimum absolute atomic E-state index is 0.0484. The number of hydrogen-bond acceptors (Lipinski definition) is 5. The van der Waals surface area contributed by atoms with Gasteiger partial charge in [0, 0.05) is 13.0 Å². The minimum atomic E-state index is -0.0484. The largest absolute Gasteiger partial charge is 0.324 e. The van der Waals surface area contributed by atoms with Crippen molar-refractivity contribution in [3.05, 3.63) is 49.3 Å². The maximum Gasteiger partial charge on any atom is 0.224 e. The van der Waals surface area contributed by atoms with Crippen LogP contribution in [0.5, 0.6) is 0 Å². The number of hydrogen-bond donors (Lipinski definition) is 1. The number of carbonyl (C=O) groups excluding carboxylic acids is 1. The Hall–Kier alpha value is -3.03. The number of benzene rings is 1. The topological polar surface area (TPSA) is 90.5 Å². The molecule has 22 heavy (non-hydrogen) atoms. The average Bonchev–Trinajstić information content (AvgIpc) is 3.21. The lowest BCUT2D eigenvalue weighted by atomic mass is 10.2. The second-order valence-electron chi connectivity index (χ2n) is 4.68. The highest BCUT2D eigenvalue weighted by atomic mass is 16.1. The van der Waals surface area contributed by atoms with E-state index >= 15 is 0 Å². The molecular formula is C14H15N7O. The molecule has 0 aliphatic heterocycles. The molecule has 112 valence electrons. The van der Waals surface area contributed by atoms with Crippen LogP contribution in [-0.4, -0.2) is 35.7 Å². The van der Waals surface area contributed by atoms with E-state index in [0.29, 0.717) is 25.1 Å². The van der Waals surface area contributed by atoms with Crippen molar-refractivity contribution in [2.24, 2.45) is 0 Å². The number of carbonyl (C=O) groups is 1. The van der Waals surface area contributed by atoms with Gasteiger partial charge in [-0.05, 0) is 18.6 Å². The molecule has 1 N–H and O–H groups in total. The Morgan fingerprint density at radius 2 is 2.18 bits per heavy atom. The summed E-state index contributed by atoms with van der Waals surface area (Å²) in [6, 6.07) is 7.47. The fourth-order valence-corrected chi connectivity index (χ4v) is 2.08. The van der Waals surface area contributed by atoms with Crippen molar-refractivity contribution in [3.8, 4) is 5.69 Å². The summed E-state index contributed by atoms with van der Waals surface area (Å²) >= 11 is 0. The zero-order valence-electron chi connectivity index (χ0n) is 11.8. The molecule has 0 radical (unpaired) electrons. The summed E-state index contributed by atoms with van der Waals surface area (Å²) in [5, 5.41) is 14.6. The van der Waals surface area contributed by atoms with Crippen molar-refractivity contribution in [2.75, 3.05) is 5.32 Å². The summed E-state index contributed by atoms with van der Waals surface area (Å²) in [7, 11) is 0. The Balaban J connectivity index is 1.60. The van der Waals surface area contributed by atoms with Gasteiger partial charge >= 0.3 is 0 Å². The molecular weight excluding hydrogens is 282 g/mol. The summed E-state index contributed by atoms with van der Waals surface area (Å²) in [6.07, 6.45) is 7.55. The Morgan fingerprint density at radius 1 is 1.27 bits per heavy atom. The fourth-order valence-electron chi connectivity index (χ4n) is 2.08. The Kier molecular flexibility index (Phi) is 4.19. The number of aryl methyl sites for hydroxylation is 1. The molecule has 1 aromatic carbocycles. The second kappa shape index (κ2) is 6.61. The van der Waals surface area contributed by atoms with E-state index in [2.05, 4.69) is 25.7 Å². The van der Waals surface area contributed by atoms with Gasteiger partial charge in [-0.25, -0.2) is 9.67 Å². The van der Waals surface area contributed by atoms with Crippen LogP contribution in [0.1, 0.15) is 12.8 Å². The van der Waals surface area contributed by atoms with Crippen LogP contribution in [0.3, 0.4) is 0 Å². The van der Waals surface area contributed by atoms with Crippen LogP contribution < -0.4 is 5.32 Å². The average molecular weight is 297 g/mol. The molecule has 0 fully saturated rings. The standard InChI is InChI=1S/C14H15N7O/c22-14(6-3-8-20-11-15-10-17-20)18-12-4-1-2-5-13(12)21-9-7-16-19-21/h1-2,4-5,7,9-11H,3,6,8H2,(H,18,22). The smallest absolute Gasteiger partial charge is 0.224 e. The highest BCUT2D eigenvalue weighted by Crippen LogP contribution is 2.18. The van der Waals surface area contributed by atoms with Gasteiger partial charge in [-0.2, -0.15) is 5.10 Å².